The van der Waals surface area contributed by atoms with E-state index in [2.05, 4.69) is 0 Å². The number of hydrogen-bond acceptors (Lipinski definition) is 3. The number of nitrogens with zero attached hydrogens (tertiary/aromatic N) is 1. The monoisotopic (exact) mass is 259 g/mol. The molecule has 2 rings (SSSR count). The fourth-order valence-electron chi connectivity index (χ4n) is 1.98. The first-order chi connectivity index (χ1) is 9.19. The van der Waals surface area contributed by atoms with Crippen molar-refractivity contribution < 1.29 is 14.3 Å². The van der Waals surface area contributed by atoms with Crippen molar-refractivity contribution in [3.05, 3.63) is 42.2 Å². The molecule has 0 aliphatic heterocycles. The lowest BCUT2D eigenvalue weighted by atomic mass is 10.0. The van der Waals surface area contributed by atoms with Crippen LogP contribution in [-0.2, 0) is 11.3 Å². The summed E-state index contributed by atoms with van der Waals surface area (Å²) in [5.74, 6) is 0.433. The Kier molecular flexibility index (Phi) is 3.90. The average Bonchev–Trinajstić information content (AvgIpc) is 2.90. The smallest absolute Gasteiger partial charge is 0.340 e. The van der Waals surface area contributed by atoms with E-state index in [4.69, 9.17) is 9.47 Å². The summed E-state index contributed by atoms with van der Waals surface area (Å²) in [6.07, 6.45) is 3.75. The predicted octanol–water partition coefficient (Wildman–Crippen LogP) is 2.97. The third-order valence-corrected chi connectivity index (χ3v) is 3.03. The maximum atomic E-state index is 11.8. The molecular formula is C15H17NO3. The van der Waals surface area contributed by atoms with Gasteiger partial charge in [0, 0.05) is 24.5 Å². The zero-order chi connectivity index (χ0) is 13.8. The number of carbonyl (C=O) groups excluding carboxylic acids is 1. The van der Waals surface area contributed by atoms with Gasteiger partial charge in [-0.25, -0.2) is 4.79 Å². The van der Waals surface area contributed by atoms with E-state index < -0.39 is 0 Å². The van der Waals surface area contributed by atoms with Gasteiger partial charge in [-0.2, -0.15) is 0 Å². The van der Waals surface area contributed by atoms with Crippen molar-refractivity contribution in [2.24, 2.45) is 0 Å². The van der Waals surface area contributed by atoms with Crippen LogP contribution in [0.1, 0.15) is 17.3 Å². The number of benzene rings is 1. The van der Waals surface area contributed by atoms with Gasteiger partial charge >= 0.3 is 5.97 Å². The van der Waals surface area contributed by atoms with E-state index in [0.29, 0.717) is 5.56 Å². The highest BCUT2D eigenvalue weighted by Crippen LogP contribution is 2.28. The molecule has 0 N–H and O–H groups in total. The maximum absolute atomic E-state index is 11.8. The number of aromatic nitrogens is 1. The van der Waals surface area contributed by atoms with Crippen molar-refractivity contribution in [3.63, 3.8) is 0 Å². The second-order valence-corrected chi connectivity index (χ2v) is 4.14. The summed E-state index contributed by atoms with van der Waals surface area (Å²) in [4.78, 5) is 11.8. The van der Waals surface area contributed by atoms with E-state index in [-0.39, 0.29) is 5.97 Å². The number of esters is 1. The Morgan fingerprint density at radius 3 is 2.68 bits per heavy atom. The average molecular weight is 259 g/mol. The molecule has 0 fully saturated rings. The van der Waals surface area contributed by atoms with E-state index >= 15 is 0 Å². The predicted molar refractivity (Wildman–Crippen MR) is 73.4 cm³/mol. The molecule has 4 heteroatoms. The molecule has 0 unspecified atom stereocenters. The van der Waals surface area contributed by atoms with Gasteiger partial charge in [-0.05, 0) is 24.6 Å². The van der Waals surface area contributed by atoms with Gasteiger partial charge in [0.25, 0.3) is 0 Å². The van der Waals surface area contributed by atoms with Crippen LogP contribution in [0.4, 0.5) is 0 Å². The van der Waals surface area contributed by atoms with Crippen molar-refractivity contribution in [1.82, 2.24) is 4.57 Å². The number of aryl methyl sites for hydroxylation is 1. The summed E-state index contributed by atoms with van der Waals surface area (Å²) >= 11 is 0. The van der Waals surface area contributed by atoms with E-state index in [1.54, 1.807) is 13.3 Å². The number of hydrogen-bond donors (Lipinski definition) is 0. The van der Waals surface area contributed by atoms with Crippen LogP contribution < -0.4 is 4.74 Å². The van der Waals surface area contributed by atoms with E-state index in [1.807, 2.05) is 42.0 Å². The summed E-state index contributed by atoms with van der Waals surface area (Å²) in [5.41, 5.74) is 2.36. The zero-order valence-electron chi connectivity index (χ0n) is 11.3. The molecule has 4 nitrogen and oxygen atoms in total. The molecule has 0 bridgehead atoms. The molecule has 0 aliphatic carbocycles. The number of rotatable bonds is 4. The van der Waals surface area contributed by atoms with Gasteiger partial charge < -0.3 is 14.0 Å². The number of carbonyl (C=O) groups is 1. The minimum Gasteiger partial charge on any atom is -0.497 e. The third-order valence-electron chi connectivity index (χ3n) is 3.03. The molecule has 0 radical (unpaired) electrons. The Balaban J connectivity index is 2.53. The third kappa shape index (κ3) is 2.62. The molecule has 0 spiro atoms. The van der Waals surface area contributed by atoms with Crippen LogP contribution in [0, 0.1) is 0 Å². The fraction of sp³-hybridized carbons (Fsp3) is 0.267. The van der Waals surface area contributed by atoms with Gasteiger partial charge in [-0.3, -0.25) is 0 Å². The molecule has 0 amide bonds. The Morgan fingerprint density at radius 2 is 2.05 bits per heavy atom. The van der Waals surface area contributed by atoms with Gasteiger partial charge in [0.1, 0.15) is 5.75 Å². The molecule has 0 aliphatic rings. The van der Waals surface area contributed by atoms with Crippen LogP contribution in [0.3, 0.4) is 0 Å². The lowest BCUT2D eigenvalue weighted by Crippen LogP contribution is -2.01. The summed E-state index contributed by atoms with van der Waals surface area (Å²) in [6.45, 7) is 2.82. The minimum atomic E-state index is -0.329. The zero-order valence-corrected chi connectivity index (χ0v) is 11.3. The summed E-state index contributed by atoms with van der Waals surface area (Å²) in [5, 5.41) is 0. The Morgan fingerprint density at radius 1 is 1.26 bits per heavy atom. The van der Waals surface area contributed by atoms with E-state index in [0.717, 1.165) is 23.4 Å². The molecule has 19 heavy (non-hydrogen) atoms. The first-order valence-corrected chi connectivity index (χ1v) is 6.12. The standard InChI is InChI=1S/C15H17NO3/c1-4-16-9-13(14(10-16)15(17)19-3)11-6-5-7-12(8-11)18-2/h5-10H,4H2,1-3H3. The van der Waals surface area contributed by atoms with E-state index in [1.165, 1.54) is 7.11 Å². The van der Waals surface area contributed by atoms with Gasteiger partial charge in [0.15, 0.2) is 0 Å². The molecule has 0 saturated heterocycles. The Bertz CT molecular complexity index is 587. The Hall–Kier alpha value is -2.23. The number of ether oxygens (including phenoxy) is 2. The summed E-state index contributed by atoms with van der Waals surface area (Å²) < 4.78 is 12.0. The topological polar surface area (TPSA) is 40.5 Å². The van der Waals surface area contributed by atoms with Crippen molar-refractivity contribution in [2.45, 2.75) is 13.5 Å². The highest BCUT2D eigenvalue weighted by atomic mass is 16.5. The van der Waals surface area contributed by atoms with Crippen molar-refractivity contribution in [1.29, 1.82) is 0 Å². The first-order valence-electron chi connectivity index (χ1n) is 6.12. The van der Waals surface area contributed by atoms with Crippen molar-refractivity contribution in [2.75, 3.05) is 14.2 Å². The molecule has 0 atom stereocenters. The van der Waals surface area contributed by atoms with Crippen LogP contribution in [0.5, 0.6) is 5.75 Å². The second kappa shape index (κ2) is 5.61. The highest BCUT2D eigenvalue weighted by molar-refractivity contribution is 5.97. The van der Waals surface area contributed by atoms with Crippen LogP contribution in [0.2, 0.25) is 0 Å². The van der Waals surface area contributed by atoms with Crippen LogP contribution in [0.25, 0.3) is 11.1 Å². The molecule has 0 saturated carbocycles. The first kappa shape index (κ1) is 13.2. The van der Waals surface area contributed by atoms with E-state index in [9.17, 15) is 4.79 Å². The van der Waals surface area contributed by atoms with Gasteiger partial charge in [0.05, 0.1) is 19.8 Å². The van der Waals surface area contributed by atoms with Crippen molar-refractivity contribution in [3.8, 4) is 16.9 Å². The molecule has 1 aromatic carbocycles. The SMILES string of the molecule is CCn1cc(C(=O)OC)c(-c2cccc(OC)c2)c1. The minimum absolute atomic E-state index is 0.329. The molecule has 2 aromatic rings. The largest absolute Gasteiger partial charge is 0.497 e. The van der Waals surface area contributed by atoms with Crippen molar-refractivity contribution >= 4 is 5.97 Å². The lowest BCUT2D eigenvalue weighted by Gasteiger charge is -2.05. The number of methoxy groups -OCH3 is 2. The van der Waals surface area contributed by atoms with Gasteiger partial charge in [-0.15, -0.1) is 0 Å². The quantitative estimate of drug-likeness (QED) is 0.792. The van der Waals surface area contributed by atoms with Gasteiger partial charge in [0.2, 0.25) is 0 Å². The summed E-state index contributed by atoms with van der Waals surface area (Å²) in [7, 11) is 3.01. The summed E-state index contributed by atoms with van der Waals surface area (Å²) in [6, 6.07) is 7.63. The lowest BCUT2D eigenvalue weighted by molar-refractivity contribution is 0.0601. The fourth-order valence-corrected chi connectivity index (χ4v) is 1.98. The molecular weight excluding hydrogens is 242 g/mol. The van der Waals surface area contributed by atoms with Crippen LogP contribution >= 0.6 is 0 Å². The van der Waals surface area contributed by atoms with Crippen LogP contribution in [-0.4, -0.2) is 24.8 Å². The highest BCUT2D eigenvalue weighted by Gasteiger charge is 2.16. The van der Waals surface area contributed by atoms with Crippen LogP contribution in [0.15, 0.2) is 36.7 Å². The Labute approximate surface area is 112 Å². The molecule has 1 heterocycles. The maximum Gasteiger partial charge on any atom is 0.340 e. The molecule has 1 aromatic heterocycles. The normalized spacial score (nSPS) is 10.3. The molecule has 100 valence electrons. The second-order valence-electron chi connectivity index (χ2n) is 4.14. The van der Waals surface area contributed by atoms with Gasteiger partial charge in [-0.1, -0.05) is 12.1 Å².